The van der Waals surface area contributed by atoms with Crippen molar-refractivity contribution in [2.75, 3.05) is 6.61 Å². The van der Waals surface area contributed by atoms with Gasteiger partial charge in [0.2, 0.25) is 0 Å². The van der Waals surface area contributed by atoms with Crippen molar-refractivity contribution in [2.45, 2.75) is 19.6 Å². The number of carbonyl (C=O) groups is 1. The Bertz CT molecular complexity index is 1210. The number of rotatable bonds is 4. The topological polar surface area (TPSA) is 57.0 Å². The molecule has 0 saturated heterocycles. The van der Waals surface area contributed by atoms with Crippen molar-refractivity contribution < 1.29 is 22.7 Å². The molecule has 4 rings (SSSR count). The molecule has 0 unspecified atom stereocenters. The number of pyridine rings is 2. The Morgan fingerprint density at radius 3 is 2.66 bits per heavy atom. The zero-order valence-electron chi connectivity index (χ0n) is 15.4. The molecule has 0 spiro atoms. The SMILES string of the molecule is CCOC(=O)c1cc2cc(C(F)(F)F)cnc2n1Cc1ccc2ccccc2n1. The zero-order chi connectivity index (χ0) is 20.6. The molecule has 0 aliphatic rings. The quantitative estimate of drug-likeness (QED) is 0.462. The standard InChI is InChI=1S/C21H16F3N3O2/c1-2-29-20(28)18-10-14-9-15(21(22,23)24)11-25-19(14)27(18)12-16-8-7-13-5-3-4-6-17(13)26-16/h3-11H,2,12H2,1H3. The predicted octanol–water partition coefficient (Wildman–Crippen LogP) is 4.83. The molecule has 0 saturated carbocycles. The minimum atomic E-state index is -4.52. The molecule has 3 heterocycles. The average Bonchev–Trinajstić information content (AvgIpc) is 3.05. The number of benzene rings is 1. The molecule has 8 heteroatoms. The van der Waals surface area contributed by atoms with Gasteiger partial charge in [0.05, 0.1) is 29.9 Å². The normalized spacial score (nSPS) is 11.9. The van der Waals surface area contributed by atoms with Crippen molar-refractivity contribution in [2.24, 2.45) is 0 Å². The maximum atomic E-state index is 13.0. The number of aromatic nitrogens is 3. The van der Waals surface area contributed by atoms with Crippen LogP contribution in [-0.2, 0) is 17.5 Å². The van der Waals surface area contributed by atoms with E-state index in [0.717, 1.165) is 23.2 Å². The highest BCUT2D eigenvalue weighted by atomic mass is 19.4. The van der Waals surface area contributed by atoms with E-state index >= 15 is 0 Å². The Kier molecular flexibility index (Phi) is 4.70. The molecule has 0 radical (unpaired) electrons. The van der Waals surface area contributed by atoms with Gasteiger partial charge in [-0.1, -0.05) is 24.3 Å². The third-order valence-electron chi connectivity index (χ3n) is 4.52. The van der Waals surface area contributed by atoms with Crippen LogP contribution in [0.1, 0.15) is 28.7 Å². The van der Waals surface area contributed by atoms with E-state index in [9.17, 15) is 18.0 Å². The second-order valence-electron chi connectivity index (χ2n) is 6.47. The first-order chi connectivity index (χ1) is 13.9. The number of alkyl halides is 3. The summed E-state index contributed by atoms with van der Waals surface area (Å²) in [6.45, 7) is 1.98. The van der Waals surface area contributed by atoms with E-state index in [1.165, 1.54) is 10.6 Å². The molecule has 0 aliphatic heterocycles. The Hall–Kier alpha value is -3.42. The van der Waals surface area contributed by atoms with Gasteiger partial charge in [-0.3, -0.25) is 4.98 Å². The highest BCUT2D eigenvalue weighted by molar-refractivity contribution is 5.94. The lowest BCUT2D eigenvalue weighted by molar-refractivity contribution is -0.137. The smallest absolute Gasteiger partial charge is 0.417 e. The number of hydrogen-bond acceptors (Lipinski definition) is 4. The summed E-state index contributed by atoms with van der Waals surface area (Å²) in [5, 5.41) is 1.18. The van der Waals surface area contributed by atoms with E-state index in [2.05, 4.69) is 9.97 Å². The molecule has 0 aliphatic carbocycles. The second kappa shape index (κ2) is 7.20. The summed E-state index contributed by atoms with van der Waals surface area (Å²) in [5.74, 6) is -0.625. The first-order valence-corrected chi connectivity index (χ1v) is 8.95. The summed E-state index contributed by atoms with van der Waals surface area (Å²) in [5.41, 5.74) is 0.945. The minimum Gasteiger partial charge on any atom is -0.461 e. The van der Waals surface area contributed by atoms with Gasteiger partial charge in [-0.2, -0.15) is 13.2 Å². The molecule has 0 N–H and O–H groups in total. The summed E-state index contributed by atoms with van der Waals surface area (Å²) < 4.78 is 45.8. The van der Waals surface area contributed by atoms with Gasteiger partial charge < -0.3 is 9.30 Å². The first-order valence-electron chi connectivity index (χ1n) is 8.95. The molecular weight excluding hydrogens is 383 g/mol. The molecule has 1 aromatic carbocycles. The number of esters is 1. The van der Waals surface area contributed by atoms with E-state index in [-0.39, 0.29) is 29.9 Å². The molecular formula is C21H16F3N3O2. The Morgan fingerprint density at radius 2 is 1.90 bits per heavy atom. The maximum Gasteiger partial charge on any atom is 0.417 e. The summed E-state index contributed by atoms with van der Waals surface area (Å²) in [4.78, 5) is 21.0. The van der Waals surface area contributed by atoms with Gasteiger partial charge in [0.1, 0.15) is 11.3 Å². The van der Waals surface area contributed by atoms with Crippen molar-refractivity contribution in [3.05, 3.63) is 71.7 Å². The zero-order valence-corrected chi connectivity index (χ0v) is 15.4. The van der Waals surface area contributed by atoms with Crippen LogP contribution in [-0.4, -0.2) is 27.1 Å². The summed E-state index contributed by atoms with van der Waals surface area (Å²) >= 11 is 0. The molecule has 0 atom stereocenters. The minimum absolute atomic E-state index is 0.128. The van der Waals surface area contributed by atoms with Crippen molar-refractivity contribution in [1.29, 1.82) is 0 Å². The van der Waals surface area contributed by atoms with Crippen LogP contribution in [0.4, 0.5) is 13.2 Å². The molecule has 0 bridgehead atoms. The molecule has 0 amide bonds. The Labute approximate surface area is 163 Å². The second-order valence-corrected chi connectivity index (χ2v) is 6.47. The number of ether oxygens (including phenoxy) is 1. The van der Waals surface area contributed by atoms with Crippen LogP contribution in [0.15, 0.2) is 54.7 Å². The molecule has 29 heavy (non-hydrogen) atoms. The van der Waals surface area contributed by atoms with Crippen LogP contribution >= 0.6 is 0 Å². The van der Waals surface area contributed by atoms with Gasteiger partial charge in [-0.25, -0.2) is 9.78 Å². The Balaban J connectivity index is 1.83. The average molecular weight is 399 g/mol. The molecule has 148 valence electrons. The third-order valence-corrected chi connectivity index (χ3v) is 4.52. The molecule has 0 fully saturated rings. The fourth-order valence-electron chi connectivity index (χ4n) is 3.19. The van der Waals surface area contributed by atoms with Gasteiger partial charge in [0.15, 0.2) is 0 Å². The van der Waals surface area contributed by atoms with E-state index in [1.807, 2.05) is 36.4 Å². The van der Waals surface area contributed by atoms with E-state index < -0.39 is 17.7 Å². The number of halogens is 3. The summed E-state index contributed by atoms with van der Waals surface area (Å²) in [7, 11) is 0. The van der Waals surface area contributed by atoms with Crippen LogP contribution in [0.5, 0.6) is 0 Å². The van der Waals surface area contributed by atoms with Gasteiger partial charge in [0, 0.05) is 17.0 Å². The lowest BCUT2D eigenvalue weighted by Gasteiger charge is -2.11. The fourth-order valence-corrected chi connectivity index (χ4v) is 3.19. The summed E-state index contributed by atoms with van der Waals surface area (Å²) in [6, 6.07) is 13.6. The van der Waals surface area contributed by atoms with Crippen LogP contribution in [0.2, 0.25) is 0 Å². The lowest BCUT2D eigenvalue weighted by atomic mass is 10.2. The monoisotopic (exact) mass is 399 g/mol. The van der Waals surface area contributed by atoms with Crippen LogP contribution in [0.3, 0.4) is 0 Å². The van der Waals surface area contributed by atoms with E-state index in [1.54, 1.807) is 6.92 Å². The first kappa shape index (κ1) is 18.9. The number of carbonyl (C=O) groups excluding carboxylic acids is 1. The van der Waals surface area contributed by atoms with Gasteiger partial charge in [-0.05, 0) is 31.2 Å². The van der Waals surface area contributed by atoms with Crippen LogP contribution in [0, 0.1) is 0 Å². The lowest BCUT2D eigenvalue weighted by Crippen LogP contribution is -2.14. The largest absolute Gasteiger partial charge is 0.461 e. The highest BCUT2D eigenvalue weighted by Gasteiger charge is 2.32. The predicted molar refractivity (Wildman–Crippen MR) is 102 cm³/mol. The fraction of sp³-hybridized carbons (Fsp3) is 0.190. The van der Waals surface area contributed by atoms with Gasteiger partial charge in [-0.15, -0.1) is 0 Å². The van der Waals surface area contributed by atoms with Crippen molar-refractivity contribution >= 4 is 27.9 Å². The molecule has 5 nitrogen and oxygen atoms in total. The Morgan fingerprint density at radius 1 is 1.10 bits per heavy atom. The van der Waals surface area contributed by atoms with Crippen LogP contribution < -0.4 is 0 Å². The number of nitrogens with zero attached hydrogens (tertiary/aromatic N) is 3. The molecule has 3 aromatic heterocycles. The van der Waals surface area contributed by atoms with Gasteiger partial charge >= 0.3 is 12.1 Å². The number of para-hydroxylation sites is 1. The van der Waals surface area contributed by atoms with Crippen molar-refractivity contribution in [1.82, 2.24) is 14.5 Å². The van der Waals surface area contributed by atoms with Gasteiger partial charge in [0.25, 0.3) is 0 Å². The number of hydrogen-bond donors (Lipinski definition) is 0. The third kappa shape index (κ3) is 3.65. The maximum absolute atomic E-state index is 13.0. The summed E-state index contributed by atoms with van der Waals surface area (Å²) in [6.07, 6.45) is -3.76. The van der Waals surface area contributed by atoms with E-state index in [0.29, 0.717) is 5.69 Å². The highest BCUT2D eigenvalue weighted by Crippen LogP contribution is 2.31. The molecule has 4 aromatic rings. The van der Waals surface area contributed by atoms with Crippen molar-refractivity contribution in [3.8, 4) is 0 Å². The van der Waals surface area contributed by atoms with E-state index in [4.69, 9.17) is 4.74 Å². The number of fused-ring (bicyclic) bond motifs is 2. The van der Waals surface area contributed by atoms with Crippen molar-refractivity contribution in [3.63, 3.8) is 0 Å². The van der Waals surface area contributed by atoms with Crippen LogP contribution in [0.25, 0.3) is 21.9 Å².